The first-order chi connectivity index (χ1) is 9.10. The van der Waals surface area contributed by atoms with E-state index in [4.69, 9.17) is 11.6 Å². The van der Waals surface area contributed by atoms with E-state index in [1.165, 1.54) is 10.6 Å². The van der Waals surface area contributed by atoms with E-state index in [-0.39, 0.29) is 11.5 Å². The molecule has 1 aromatic heterocycles. The van der Waals surface area contributed by atoms with Crippen LogP contribution in [0.2, 0.25) is 0 Å². The number of aryl methyl sites for hydroxylation is 1. The fraction of sp³-hybridized carbons (Fsp3) is 0.143. The van der Waals surface area contributed by atoms with Gasteiger partial charge in [0, 0.05) is 36.4 Å². The summed E-state index contributed by atoms with van der Waals surface area (Å²) in [5.74, 6) is 0.125. The number of alkyl halides is 1. The standard InChI is InChI=1S/C14H13ClN2O2/c1-17-7-6-11(8-13(17)18)14(19)16-12-4-2-10(9-15)3-5-12/h2-8H,9H2,1H3,(H,16,19). The lowest BCUT2D eigenvalue weighted by molar-refractivity contribution is 0.102. The molecule has 2 aromatic rings. The van der Waals surface area contributed by atoms with Crippen LogP contribution in [0.15, 0.2) is 47.4 Å². The van der Waals surface area contributed by atoms with E-state index < -0.39 is 0 Å². The number of amides is 1. The number of nitrogens with one attached hydrogen (secondary N) is 1. The maximum atomic E-state index is 11.9. The molecule has 0 atom stereocenters. The van der Waals surface area contributed by atoms with Crippen LogP contribution < -0.4 is 10.9 Å². The molecule has 1 N–H and O–H groups in total. The number of anilines is 1. The summed E-state index contributed by atoms with van der Waals surface area (Å²) >= 11 is 5.69. The van der Waals surface area contributed by atoms with Gasteiger partial charge in [0.15, 0.2) is 0 Å². The third-order valence-electron chi connectivity index (χ3n) is 2.73. The first-order valence-corrected chi connectivity index (χ1v) is 6.26. The number of hydrogen-bond donors (Lipinski definition) is 1. The monoisotopic (exact) mass is 276 g/mol. The Morgan fingerprint density at radius 1 is 1.26 bits per heavy atom. The lowest BCUT2D eigenvalue weighted by Gasteiger charge is -2.06. The molecule has 0 saturated carbocycles. The number of aromatic nitrogens is 1. The van der Waals surface area contributed by atoms with Gasteiger partial charge in [-0.2, -0.15) is 0 Å². The normalized spacial score (nSPS) is 10.2. The summed E-state index contributed by atoms with van der Waals surface area (Å²) in [5.41, 5.74) is 1.77. The molecule has 1 heterocycles. The molecule has 4 nitrogen and oxygen atoms in total. The van der Waals surface area contributed by atoms with Crippen LogP contribution in [0.25, 0.3) is 0 Å². The molecule has 0 fully saturated rings. The lowest BCUT2D eigenvalue weighted by atomic mass is 10.2. The zero-order chi connectivity index (χ0) is 13.8. The van der Waals surface area contributed by atoms with Gasteiger partial charge in [-0.3, -0.25) is 9.59 Å². The molecule has 5 heteroatoms. The minimum Gasteiger partial charge on any atom is -0.322 e. The average Bonchev–Trinajstić information content (AvgIpc) is 2.42. The van der Waals surface area contributed by atoms with Crippen molar-refractivity contribution in [2.45, 2.75) is 5.88 Å². The van der Waals surface area contributed by atoms with Gasteiger partial charge in [-0.15, -0.1) is 11.6 Å². The number of nitrogens with zero attached hydrogens (tertiary/aromatic N) is 1. The Morgan fingerprint density at radius 3 is 2.53 bits per heavy atom. The smallest absolute Gasteiger partial charge is 0.255 e. The van der Waals surface area contributed by atoms with Crippen molar-refractivity contribution in [3.8, 4) is 0 Å². The third kappa shape index (κ3) is 3.23. The predicted octanol–water partition coefficient (Wildman–Crippen LogP) is 2.38. The van der Waals surface area contributed by atoms with E-state index in [2.05, 4.69) is 5.32 Å². The van der Waals surface area contributed by atoms with Crippen molar-refractivity contribution in [2.75, 3.05) is 5.32 Å². The molecule has 0 aliphatic rings. The van der Waals surface area contributed by atoms with Gasteiger partial charge in [0.2, 0.25) is 0 Å². The topological polar surface area (TPSA) is 51.1 Å². The zero-order valence-electron chi connectivity index (χ0n) is 10.4. The highest BCUT2D eigenvalue weighted by Crippen LogP contribution is 2.12. The summed E-state index contributed by atoms with van der Waals surface area (Å²) in [5, 5.41) is 2.73. The molecule has 0 radical (unpaired) electrons. The van der Waals surface area contributed by atoms with Gasteiger partial charge >= 0.3 is 0 Å². The summed E-state index contributed by atoms with van der Waals surface area (Å²) in [6.45, 7) is 0. The van der Waals surface area contributed by atoms with E-state index in [0.29, 0.717) is 17.1 Å². The Bertz CT molecular complexity index is 647. The molecular weight excluding hydrogens is 264 g/mol. The first kappa shape index (κ1) is 13.4. The van der Waals surface area contributed by atoms with Crippen LogP contribution in [0.4, 0.5) is 5.69 Å². The van der Waals surface area contributed by atoms with Crippen molar-refractivity contribution in [3.05, 3.63) is 64.1 Å². The van der Waals surface area contributed by atoms with Crippen LogP contribution in [0, 0.1) is 0 Å². The molecule has 0 unspecified atom stereocenters. The van der Waals surface area contributed by atoms with E-state index in [9.17, 15) is 9.59 Å². The molecule has 0 spiro atoms. The molecule has 0 aliphatic carbocycles. The molecular formula is C14H13ClN2O2. The largest absolute Gasteiger partial charge is 0.322 e. The van der Waals surface area contributed by atoms with Gasteiger partial charge in [-0.05, 0) is 23.8 Å². The van der Waals surface area contributed by atoms with Crippen LogP contribution >= 0.6 is 11.6 Å². The van der Waals surface area contributed by atoms with E-state index in [1.807, 2.05) is 12.1 Å². The fourth-order valence-electron chi connectivity index (χ4n) is 1.57. The van der Waals surface area contributed by atoms with Crippen molar-refractivity contribution in [1.82, 2.24) is 4.57 Å². The number of hydrogen-bond acceptors (Lipinski definition) is 2. The second kappa shape index (κ2) is 5.71. The number of halogens is 1. The molecule has 0 aliphatic heterocycles. The van der Waals surface area contributed by atoms with Gasteiger partial charge in [0.25, 0.3) is 11.5 Å². The number of rotatable bonds is 3. The predicted molar refractivity (Wildman–Crippen MR) is 75.6 cm³/mol. The molecule has 0 saturated heterocycles. The Hall–Kier alpha value is -2.07. The highest BCUT2D eigenvalue weighted by Gasteiger charge is 2.07. The zero-order valence-corrected chi connectivity index (χ0v) is 11.1. The third-order valence-corrected chi connectivity index (χ3v) is 3.04. The number of carbonyl (C=O) groups is 1. The average molecular weight is 277 g/mol. The van der Waals surface area contributed by atoms with Gasteiger partial charge in [0.05, 0.1) is 0 Å². The minimum absolute atomic E-state index is 0.217. The summed E-state index contributed by atoms with van der Waals surface area (Å²) in [7, 11) is 1.63. The molecule has 1 aromatic carbocycles. The van der Waals surface area contributed by atoms with E-state index >= 15 is 0 Å². The number of pyridine rings is 1. The molecule has 2 rings (SSSR count). The van der Waals surface area contributed by atoms with Crippen LogP contribution in [-0.2, 0) is 12.9 Å². The first-order valence-electron chi connectivity index (χ1n) is 5.73. The SMILES string of the molecule is Cn1ccc(C(=O)Nc2ccc(CCl)cc2)cc1=O. The van der Waals surface area contributed by atoms with Gasteiger partial charge < -0.3 is 9.88 Å². The van der Waals surface area contributed by atoms with E-state index in [0.717, 1.165) is 5.56 Å². The van der Waals surface area contributed by atoms with Gasteiger partial charge in [-0.25, -0.2) is 0 Å². The minimum atomic E-state index is -0.309. The van der Waals surface area contributed by atoms with Crippen LogP contribution in [-0.4, -0.2) is 10.5 Å². The molecule has 1 amide bonds. The fourth-order valence-corrected chi connectivity index (χ4v) is 1.75. The highest BCUT2D eigenvalue weighted by molar-refractivity contribution is 6.17. The van der Waals surface area contributed by atoms with Crippen molar-refractivity contribution in [3.63, 3.8) is 0 Å². The molecule has 0 bridgehead atoms. The van der Waals surface area contributed by atoms with Crippen LogP contribution in [0.1, 0.15) is 15.9 Å². The maximum absolute atomic E-state index is 11.9. The van der Waals surface area contributed by atoms with Crippen molar-refractivity contribution >= 4 is 23.2 Å². The Labute approximate surface area is 115 Å². The lowest BCUT2D eigenvalue weighted by Crippen LogP contribution is -2.19. The second-order valence-electron chi connectivity index (χ2n) is 4.15. The summed E-state index contributed by atoms with van der Waals surface area (Å²) < 4.78 is 1.41. The van der Waals surface area contributed by atoms with Crippen LogP contribution in [0.5, 0.6) is 0 Å². The highest BCUT2D eigenvalue weighted by atomic mass is 35.5. The quantitative estimate of drug-likeness (QED) is 0.875. The van der Waals surface area contributed by atoms with Gasteiger partial charge in [-0.1, -0.05) is 12.1 Å². The number of carbonyl (C=O) groups excluding carboxylic acids is 1. The Kier molecular flexibility index (Phi) is 4.02. The van der Waals surface area contributed by atoms with Crippen molar-refractivity contribution < 1.29 is 4.79 Å². The second-order valence-corrected chi connectivity index (χ2v) is 4.42. The maximum Gasteiger partial charge on any atom is 0.255 e. The Morgan fingerprint density at radius 2 is 1.95 bits per heavy atom. The van der Waals surface area contributed by atoms with Crippen LogP contribution in [0.3, 0.4) is 0 Å². The molecule has 19 heavy (non-hydrogen) atoms. The molecule has 98 valence electrons. The summed E-state index contributed by atoms with van der Waals surface area (Å²) in [6.07, 6.45) is 1.56. The number of benzene rings is 1. The van der Waals surface area contributed by atoms with Gasteiger partial charge in [0.1, 0.15) is 0 Å². The Balaban J connectivity index is 2.15. The van der Waals surface area contributed by atoms with E-state index in [1.54, 1.807) is 31.4 Å². The van der Waals surface area contributed by atoms with Crippen molar-refractivity contribution in [2.24, 2.45) is 7.05 Å². The summed E-state index contributed by atoms with van der Waals surface area (Å²) in [6, 6.07) is 10.1. The van der Waals surface area contributed by atoms with Crippen molar-refractivity contribution in [1.29, 1.82) is 0 Å². The summed E-state index contributed by atoms with van der Waals surface area (Å²) in [4.78, 5) is 23.4.